The fourth-order valence-corrected chi connectivity index (χ4v) is 2.22. The smallest absolute Gasteiger partial charge is 0.328 e. The minimum absolute atomic E-state index is 0.104. The van der Waals surface area contributed by atoms with E-state index >= 15 is 0 Å². The molecule has 1 aliphatic rings. The standard InChI is InChI=1S/C12H22N2O3/c1-4-7-12(5-2,13-3)11(16)14-9-6-8-17-10(9)15/h9,13H,4-8H2,1-3H3,(H,14,16). The van der Waals surface area contributed by atoms with Gasteiger partial charge in [0.2, 0.25) is 5.91 Å². The van der Waals surface area contributed by atoms with Crippen LogP contribution in [0, 0.1) is 0 Å². The molecule has 1 fully saturated rings. The number of cyclic esters (lactones) is 1. The highest BCUT2D eigenvalue weighted by Gasteiger charge is 2.37. The topological polar surface area (TPSA) is 67.4 Å². The molecule has 0 aromatic rings. The molecule has 0 saturated carbocycles. The summed E-state index contributed by atoms with van der Waals surface area (Å²) in [6.07, 6.45) is 2.94. The highest BCUT2D eigenvalue weighted by atomic mass is 16.5. The Balaban J connectivity index is 2.67. The fourth-order valence-electron chi connectivity index (χ4n) is 2.22. The lowest BCUT2D eigenvalue weighted by atomic mass is 9.89. The maximum atomic E-state index is 12.2. The van der Waals surface area contributed by atoms with Crippen LogP contribution in [0.1, 0.15) is 39.5 Å². The second kappa shape index (κ2) is 6.00. The summed E-state index contributed by atoms with van der Waals surface area (Å²) in [6.45, 7) is 4.41. The molecule has 1 aliphatic heterocycles. The normalized spacial score (nSPS) is 23.0. The summed E-state index contributed by atoms with van der Waals surface area (Å²) in [5, 5.41) is 5.87. The Hall–Kier alpha value is -1.10. The third-order valence-electron chi connectivity index (χ3n) is 3.43. The number of rotatable bonds is 6. The highest BCUT2D eigenvalue weighted by molar-refractivity contribution is 5.91. The van der Waals surface area contributed by atoms with Crippen LogP contribution in [0.2, 0.25) is 0 Å². The molecule has 5 nitrogen and oxygen atoms in total. The van der Waals surface area contributed by atoms with Gasteiger partial charge in [0.25, 0.3) is 0 Å². The molecular formula is C12H22N2O3. The minimum Gasteiger partial charge on any atom is -0.464 e. The second-order valence-corrected chi connectivity index (χ2v) is 4.42. The zero-order chi connectivity index (χ0) is 12.9. The number of hydrogen-bond acceptors (Lipinski definition) is 4. The first-order chi connectivity index (χ1) is 8.09. The molecule has 1 heterocycles. The molecule has 0 spiro atoms. The summed E-state index contributed by atoms with van der Waals surface area (Å²) in [6, 6.07) is -0.473. The van der Waals surface area contributed by atoms with Crippen molar-refractivity contribution in [1.82, 2.24) is 10.6 Å². The monoisotopic (exact) mass is 242 g/mol. The summed E-state index contributed by atoms with van der Waals surface area (Å²) in [4.78, 5) is 23.6. The van der Waals surface area contributed by atoms with Crippen LogP contribution in [0.4, 0.5) is 0 Å². The van der Waals surface area contributed by atoms with Gasteiger partial charge >= 0.3 is 5.97 Å². The summed E-state index contributed by atoms with van der Waals surface area (Å²) in [7, 11) is 1.78. The first-order valence-electron chi connectivity index (χ1n) is 6.26. The molecule has 2 unspecified atom stereocenters. The van der Waals surface area contributed by atoms with Crippen LogP contribution < -0.4 is 10.6 Å². The van der Waals surface area contributed by atoms with Gasteiger partial charge in [0.15, 0.2) is 0 Å². The van der Waals surface area contributed by atoms with Crippen molar-refractivity contribution in [3.05, 3.63) is 0 Å². The van der Waals surface area contributed by atoms with Gasteiger partial charge in [-0.25, -0.2) is 4.79 Å². The molecule has 5 heteroatoms. The first kappa shape index (κ1) is 14.0. The van der Waals surface area contributed by atoms with Crippen LogP contribution in [0.5, 0.6) is 0 Å². The van der Waals surface area contributed by atoms with E-state index in [2.05, 4.69) is 10.6 Å². The van der Waals surface area contributed by atoms with Crippen molar-refractivity contribution in [2.24, 2.45) is 0 Å². The fraction of sp³-hybridized carbons (Fsp3) is 0.833. The van der Waals surface area contributed by atoms with Gasteiger partial charge in [-0.1, -0.05) is 20.3 Å². The van der Waals surface area contributed by atoms with Crippen molar-refractivity contribution >= 4 is 11.9 Å². The quantitative estimate of drug-likeness (QED) is 0.669. The third kappa shape index (κ3) is 2.97. The first-order valence-corrected chi connectivity index (χ1v) is 6.26. The Kier molecular flexibility index (Phi) is 4.93. The molecule has 0 aromatic heterocycles. The van der Waals surface area contributed by atoms with Gasteiger partial charge in [-0.15, -0.1) is 0 Å². The van der Waals surface area contributed by atoms with Crippen LogP contribution in [0.3, 0.4) is 0 Å². The van der Waals surface area contributed by atoms with Gasteiger partial charge in [0, 0.05) is 6.42 Å². The lowest BCUT2D eigenvalue weighted by Crippen LogP contribution is -2.57. The largest absolute Gasteiger partial charge is 0.464 e. The van der Waals surface area contributed by atoms with E-state index in [9.17, 15) is 9.59 Å². The zero-order valence-electron chi connectivity index (χ0n) is 10.8. The molecule has 0 aliphatic carbocycles. The maximum absolute atomic E-state index is 12.2. The average molecular weight is 242 g/mol. The summed E-state index contributed by atoms with van der Waals surface area (Å²) in [5.41, 5.74) is -0.572. The van der Waals surface area contributed by atoms with Crippen molar-refractivity contribution in [2.45, 2.75) is 51.1 Å². The minimum atomic E-state index is -0.572. The van der Waals surface area contributed by atoms with E-state index in [1.54, 1.807) is 7.05 Å². The number of esters is 1. The number of likely N-dealkylation sites (N-methyl/N-ethyl adjacent to an activating group) is 1. The SMILES string of the molecule is CCCC(CC)(NC)C(=O)NC1CCOC1=O. The molecule has 1 saturated heterocycles. The van der Waals surface area contributed by atoms with E-state index < -0.39 is 11.6 Å². The lowest BCUT2D eigenvalue weighted by Gasteiger charge is -2.31. The molecule has 98 valence electrons. The summed E-state index contributed by atoms with van der Waals surface area (Å²) < 4.78 is 4.83. The van der Waals surface area contributed by atoms with Crippen LogP contribution in [-0.2, 0) is 14.3 Å². The van der Waals surface area contributed by atoms with Crippen molar-refractivity contribution in [1.29, 1.82) is 0 Å². The van der Waals surface area contributed by atoms with Gasteiger partial charge < -0.3 is 15.4 Å². The van der Waals surface area contributed by atoms with E-state index in [0.717, 1.165) is 12.8 Å². The van der Waals surface area contributed by atoms with Crippen molar-refractivity contribution < 1.29 is 14.3 Å². The molecular weight excluding hydrogens is 220 g/mol. The van der Waals surface area contributed by atoms with Crippen LogP contribution in [-0.4, -0.2) is 37.1 Å². The Labute approximate surface area is 102 Å². The Morgan fingerprint density at radius 3 is 2.65 bits per heavy atom. The van der Waals surface area contributed by atoms with Gasteiger partial charge in [0.05, 0.1) is 12.1 Å². The number of hydrogen-bond donors (Lipinski definition) is 2. The molecule has 0 aromatic carbocycles. The summed E-state index contributed by atoms with van der Waals surface area (Å²) in [5.74, 6) is -0.427. The second-order valence-electron chi connectivity index (χ2n) is 4.42. The Morgan fingerprint density at radius 1 is 1.53 bits per heavy atom. The maximum Gasteiger partial charge on any atom is 0.328 e. The van der Waals surface area contributed by atoms with Crippen LogP contribution in [0.25, 0.3) is 0 Å². The van der Waals surface area contributed by atoms with E-state index in [4.69, 9.17) is 4.74 Å². The molecule has 1 rings (SSSR count). The number of amides is 1. The predicted octanol–water partition coefficient (Wildman–Crippen LogP) is 0.586. The highest BCUT2D eigenvalue weighted by Crippen LogP contribution is 2.18. The number of nitrogens with one attached hydrogen (secondary N) is 2. The van der Waals surface area contributed by atoms with Crippen LogP contribution >= 0.6 is 0 Å². The zero-order valence-corrected chi connectivity index (χ0v) is 10.8. The Bertz CT molecular complexity index is 287. The van der Waals surface area contributed by atoms with Crippen molar-refractivity contribution in [3.8, 4) is 0 Å². The van der Waals surface area contributed by atoms with Gasteiger partial charge in [-0.05, 0) is 19.9 Å². The molecule has 1 amide bonds. The third-order valence-corrected chi connectivity index (χ3v) is 3.43. The molecule has 0 radical (unpaired) electrons. The number of carbonyl (C=O) groups is 2. The average Bonchev–Trinajstić information content (AvgIpc) is 2.72. The van der Waals surface area contributed by atoms with Crippen molar-refractivity contribution in [2.75, 3.05) is 13.7 Å². The van der Waals surface area contributed by atoms with Crippen LogP contribution in [0.15, 0.2) is 0 Å². The van der Waals surface area contributed by atoms with Crippen molar-refractivity contribution in [3.63, 3.8) is 0 Å². The molecule has 0 bridgehead atoms. The van der Waals surface area contributed by atoms with Gasteiger partial charge in [-0.2, -0.15) is 0 Å². The predicted molar refractivity (Wildman–Crippen MR) is 64.5 cm³/mol. The van der Waals surface area contributed by atoms with E-state index in [1.807, 2.05) is 13.8 Å². The Morgan fingerprint density at radius 2 is 2.24 bits per heavy atom. The molecule has 17 heavy (non-hydrogen) atoms. The number of carbonyl (C=O) groups excluding carboxylic acids is 2. The summed E-state index contributed by atoms with van der Waals surface area (Å²) >= 11 is 0. The molecule has 2 N–H and O–H groups in total. The van der Waals surface area contributed by atoms with Gasteiger partial charge in [0.1, 0.15) is 6.04 Å². The lowest BCUT2D eigenvalue weighted by molar-refractivity contribution is -0.142. The van der Waals surface area contributed by atoms with Gasteiger partial charge in [-0.3, -0.25) is 4.79 Å². The number of ether oxygens (including phenoxy) is 1. The van der Waals surface area contributed by atoms with E-state index in [-0.39, 0.29) is 11.9 Å². The van der Waals surface area contributed by atoms with E-state index in [0.29, 0.717) is 19.4 Å². The van der Waals surface area contributed by atoms with E-state index in [1.165, 1.54) is 0 Å². The molecule has 2 atom stereocenters.